The average molecular weight is 186 g/mol. The van der Waals surface area contributed by atoms with Gasteiger partial charge in [0.15, 0.2) is 0 Å². The maximum absolute atomic E-state index is 11.3. The maximum Gasteiger partial charge on any atom is 0.248 e. The Balaban J connectivity index is 2.59. The topological polar surface area (TPSA) is 60.9 Å². The summed E-state index contributed by atoms with van der Waals surface area (Å²) in [5.41, 5.74) is 0. The molecule has 0 aromatic carbocycles. The van der Waals surface area contributed by atoms with Crippen molar-refractivity contribution in [3.8, 4) is 0 Å². The third kappa shape index (κ3) is 2.42. The third-order valence-electron chi connectivity index (χ3n) is 2.16. The van der Waals surface area contributed by atoms with Crippen LogP contribution < -0.4 is 0 Å². The van der Waals surface area contributed by atoms with E-state index < -0.39 is 6.61 Å². The molecule has 1 saturated heterocycles. The molecule has 0 unspecified atom stereocenters. The Kier molecular flexibility index (Phi) is 3.25. The normalized spacial score (nSPS) is 18.8. The molecule has 0 aromatic heterocycles. The Morgan fingerprint density at radius 2 is 2.23 bits per heavy atom. The van der Waals surface area contributed by atoms with Gasteiger partial charge in [0.25, 0.3) is 0 Å². The van der Waals surface area contributed by atoms with E-state index >= 15 is 0 Å². The number of likely N-dealkylation sites (N-methyl/N-ethyl adjacent to an activating group) is 1. The van der Waals surface area contributed by atoms with E-state index in [9.17, 15) is 9.59 Å². The number of hydrogen-bond donors (Lipinski definition) is 1. The molecule has 1 fully saturated rings. The fourth-order valence-electron chi connectivity index (χ4n) is 1.30. The first-order valence-electron chi connectivity index (χ1n) is 4.27. The standard InChI is InChI=1S/C8H14N2O3/c1-9-3-2-4-10(5-7(9)12)8(13)6-11/h11H,2-6H2,1H3. The highest BCUT2D eigenvalue weighted by Crippen LogP contribution is 2.02. The van der Waals surface area contributed by atoms with Crippen LogP contribution in [0, 0.1) is 0 Å². The molecule has 0 spiro atoms. The number of rotatable bonds is 1. The van der Waals surface area contributed by atoms with Crippen LogP contribution in [-0.4, -0.2) is 60.0 Å². The number of nitrogens with zero attached hydrogens (tertiary/aromatic N) is 2. The number of aliphatic hydroxyl groups is 1. The molecule has 1 N–H and O–H groups in total. The van der Waals surface area contributed by atoms with E-state index in [-0.39, 0.29) is 18.4 Å². The fourth-order valence-corrected chi connectivity index (χ4v) is 1.30. The smallest absolute Gasteiger partial charge is 0.248 e. The summed E-state index contributed by atoms with van der Waals surface area (Å²) in [7, 11) is 1.72. The lowest BCUT2D eigenvalue weighted by Gasteiger charge is -2.18. The van der Waals surface area contributed by atoms with Crippen LogP contribution in [0.5, 0.6) is 0 Å². The van der Waals surface area contributed by atoms with Crippen molar-refractivity contribution in [2.24, 2.45) is 0 Å². The van der Waals surface area contributed by atoms with Crippen LogP contribution in [-0.2, 0) is 9.59 Å². The Hall–Kier alpha value is -1.10. The molecular formula is C8H14N2O3. The zero-order valence-corrected chi connectivity index (χ0v) is 7.69. The number of amides is 2. The molecule has 0 radical (unpaired) electrons. The highest BCUT2D eigenvalue weighted by Gasteiger charge is 2.21. The van der Waals surface area contributed by atoms with Crippen LogP contribution in [0.25, 0.3) is 0 Å². The molecule has 13 heavy (non-hydrogen) atoms. The van der Waals surface area contributed by atoms with Crippen molar-refractivity contribution in [2.45, 2.75) is 6.42 Å². The summed E-state index contributed by atoms with van der Waals surface area (Å²) in [6.45, 7) is 0.802. The predicted octanol–water partition coefficient (Wildman–Crippen LogP) is -1.33. The van der Waals surface area contributed by atoms with Gasteiger partial charge in [-0.15, -0.1) is 0 Å². The van der Waals surface area contributed by atoms with Gasteiger partial charge in [0.2, 0.25) is 11.8 Å². The van der Waals surface area contributed by atoms with E-state index in [2.05, 4.69) is 0 Å². The van der Waals surface area contributed by atoms with Crippen LogP contribution in [0.3, 0.4) is 0 Å². The summed E-state index contributed by atoms with van der Waals surface area (Å²) >= 11 is 0. The first kappa shape index (κ1) is 9.98. The Bertz CT molecular complexity index is 217. The number of carbonyl (C=O) groups excluding carboxylic acids is 2. The second-order valence-electron chi connectivity index (χ2n) is 3.14. The molecule has 5 nitrogen and oxygen atoms in total. The molecule has 74 valence electrons. The minimum Gasteiger partial charge on any atom is -0.387 e. The first-order chi connectivity index (χ1) is 6.15. The summed E-state index contributed by atoms with van der Waals surface area (Å²) in [6.07, 6.45) is 0.772. The minimum atomic E-state index is -0.517. The molecule has 0 atom stereocenters. The summed E-state index contributed by atoms with van der Waals surface area (Å²) in [5.74, 6) is -0.442. The van der Waals surface area contributed by atoms with Crippen molar-refractivity contribution in [3.05, 3.63) is 0 Å². The maximum atomic E-state index is 11.3. The van der Waals surface area contributed by atoms with Gasteiger partial charge in [0.1, 0.15) is 6.61 Å². The van der Waals surface area contributed by atoms with Crippen molar-refractivity contribution >= 4 is 11.8 Å². The zero-order valence-electron chi connectivity index (χ0n) is 7.69. The largest absolute Gasteiger partial charge is 0.387 e. The van der Waals surface area contributed by atoms with Crippen LogP contribution >= 0.6 is 0 Å². The molecule has 1 rings (SSSR count). The number of hydrogen-bond acceptors (Lipinski definition) is 3. The molecule has 0 aromatic rings. The number of carbonyl (C=O) groups is 2. The van der Waals surface area contributed by atoms with Gasteiger partial charge in [-0.3, -0.25) is 9.59 Å². The van der Waals surface area contributed by atoms with Crippen LogP contribution in [0.4, 0.5) is 0 Å². The Morgan fingerprint density at radius 1 is 1.54 bits per heavy atom. The fraction of sp³-hybridized carbons (Fsp3) is 0.750. The summed E-state index contributed by atoms with van der Waals surface area (Å²) in [4.78, 5) is 25.4. The van der Waals surface area contributed by atoms with Gasteiger partial charge in [0.05, 0.1) is 6.54 Å². The molecule has 5 heteroatoms. The van der Waals surface area contributed by atoms with Crippen molar-refractivity contribution in [1.82, 2.24) is 9.80 Å². The Morgan fingerprint density at radius 3 is 2.85 bits per heavy atom. The van der Waals surface area contributed by atoms with Gasteiger partial charge in [-0.1, -0.05) is 0 Å². The van der Waals surface area contributed by atoms with Crippen molar-refractivity contribution in [1.29, 1.82) is 0 Å². The van der Waals surface area contributed by atoms with Crippen molar-refractivity contribution in [2.75, 3.05) is 33.3 Å². The van der Waals surface area contributed by atoms with E-state index in [1.807, 2.05) is 0 Å². The van der Waals surface area contributed by atoms with Gasteiger partial charge >= 0.3 is 0 Å². The summed E-state index contributed by atoms with van der Waals surface area (Å²) in [5, 5.41) is 8.61. The van der Waals surface area contributed by atoms with Crippen LogP contribution in [0.2, 0.25) is 0 Å². The lowest BCUT2D eigenvalue weighted by atomic mass is 10.4. The molecular weight excluding hydrogens is 172 g/mol. The molecule has 1 aliphatic heterocycles. The van der Waals surface area contributed by atoms with E-state index in [0.29, 0.717) is 13.1 Å². The zero-order chi connectivity index (χ0) is 9.84. The third-order valence-corrected chi connectivity index (χ3v) is 2.16. The monoisotopic (exact) mass is 186 g/mol. The van der Waals surface area contributed by atoms with Gasteiger partial charge in [-0.05, 0) is 6.42 Å². The highest BCUT2D eigenvalue weighted by atomic mass is 16.3. The lowest BCUT2D eigenvalue weighted by Crippen LogP contribution is -2.39. The van der Waals surface area contributed by atoms with E-state index in [1.54, 1.807) is 11.9 Å². The molecule has 2 amide bonds. The second-order valence-corrected chi connectivity index (χ2v) is 3.14. The van der Waals surface area contributed by atoms with Crippen LogP contribution in [0.1, 0.15) is 6.42 Å². The number of aliphatic hydroxyl groups excluding tert-OH is 1. The van der Waals surface area contributed by atoms with Gasteiger partial charge in [-0.2, -0.15) is 0 Å². The van der Waals surface area contributed by atoms with E-state index in [0.717, 1.165) is 6.42 Å². The highest BCUT2D eigenvalue weighted by molar-refractivity contribution is 5.85. The summed E-state index contributed by atoms with van der Waals surface area (Å²) in [6, 6.07) is 0. The van der Waals surface area contributed by atoms with Crippen LogP contribution in [0.15, 0.2) is 0 Å². The van der Waals surface area contributed by atoms with Gasteiger partial charge in [0, 0.05) is 20.1 Å². The molecule has 0 saturated carbocycles. The first-order valence-corrected chi connectivity index (χ1v) is 4.27. The van der Waals surface area contributed by atoms with Gasteiger partial charge in [-0.25, -0.2) is 0 Å². The predicted molar refractivity (Wildman–Crippen MR) is 45.9 cm³/mol. The second kappa shape index (κ2) is 4.23. The van der Waals surface area contributed by atoms with E-state index in [4.69, 9.17) is 5.11 Å². The van der Waals surface area contributed by atoms with Crippen molar-refractivity contribution in [3.63, 3.8) is 0 Å². The Labute approximate surface area is 76.9 Å². The lowest BCUT2D eigenvalue weighted by molar-refractivity contribution is -0.139. The molecule has 1 aliphatic rings. The summed E-state index contributed by atoms with van der Waals surface area (Å²) < 4.78 is 0. The molecule has 0 aliphatic carbocycles. The molecule has 0 bridgehead atoms. The van der Waals surface area contributed by atoms with E-state index in [1.165, 1.54) is 4.90 Å². The van der Waals surface area contributed by atoms with Gasteiger partial charge < -0.3 is 14.9 Å². The SMILES string of the molecule is CN1CCCN(C(=O)CO)CC1=O. The average Bonchev–Trinajstić information content (AvgIpc) is 2.28. The van der Waals surface area contributed by atoms with Crippen molar-refractivity contribution < 1.29 is 14.7 Å². The quantitative estimate of drug-likeness (QED) is 0.552. The molecule has 1 heterocycles. The minimum absolute atomic E-state index is 0.0701.